The van der Waals surface area contributed by atoms with Gasteiger partial charge < -0.3 is 14.8 Å². The number of hydrogen-bond acceptors (Lipinski definition) is 4. The molecular formula is C16H19BrN2O2. The summed E-state index contributed by atoms with van der Waals surface area (Å²) in [5, 5.41) is 3.13. The number of benzene rings is 1. The Labute approximate surface area is 133 Å². The van der Waals surface area contributed by atoms with Crippen molar-refractivity contribution in [2.45, 2.75) is 20.1 Å². The molecule has 0 atom stereocenters. The van der Waals surface area contributed by atoms with Crippen molar-refractivity contribution in [1.29, 1.82) is 0 Å². The Hall–Kier alpha value is -1.59. The van der Waals surface area contributed by atoms with Gasteiger partial charge in [0.1, 0.15) is 18.1 Å². The highest BCUT2D eigenvalue weighted by Gasteiger charge is 2.05. The van der Waals surface area contributed by atoms with Crippen LogP contribution in [0, 0.1) is 6.92 Å². The first-order chi connectivity index (χ1) is 10.1. The molecule has 0 saturated carbocycles. The second kappa shape index (κ2) is 7.43. The van der Waals surface area contributed by atoms with Gasteiger partial charge in [-0.3, -0.25) is 4.98 Å². The SMILES string of the molecule is CNCc1cc(OCc2cc(OC)cc(C)n2)ccc1Br. The van der Waals surface area contributed by atoms with Gasteiger partial charge in [0, 0.05) is 28.8 Å². The molecule has 0 spiro atoms. The predicted octanol–water partition coefficient (Wildman–Crippen LogP) is 3.46. The van der Waals surface area contributed by atoms with Crippen molar-refractivity contribution in [2.75, 3.05) is 14.2 Å². The largest absolute Gasteiger partial charge is 0.497 e. The van der Waals surface area contributed by atoms with Crippen molar-refractivity contribution in [3.8, 4) is 11.5 Å². The summed E-state index contributed by atoms with van der Waals surface area (Å²) in [6, 6.07) is 9.74. The average molecular weight is 351 g/mol. The molecule has 0 bridgehead atoms. The van der Waals surface area contributed by atoms with E-state index in [1.807, 2.05) is 44.3 Å². The van der Waals surface area contributed by atoms with E-state index in [0.29, 0.717) is 6.61 Å². The van der Waals surface area contributed by atoms with Crippen molar-refractivity contribution >= 4 is 15.9 Å². The van der Waals surface area contributed by atoms with E-state index in [2.05, 4.69) is 26.2 Å². The number of hydrogen-bond donors (Lipinski definition) is 1. The predicted molar refractivity (Wildman–Crippen MR) is 86.8 cm³/mol. The van der Waals surface area contributed by atoms with Gasteiger partial charge in [0.2, 0.25) is 0 Å². The van der Waals surface area contributed by atoms with Gasteiger partial charge in [-0.2, -0.15) is 0 Å². The maximum absolute atomic E-state index is 5.82. The molecular weight excluding hydrogens is 332 g/mol. The first-order valence-corrected chi connectivity index (χ1v) is 7.49. The molecule has 0 unspecified atom stereocenters. The quantitative estimate of drug-likeness (QED) is 0.866. The van der Waals surface area contributed by atoms with Gasteiger partial charge in [0.25, 0.3) is 0 Å². The molecule has 1 aromatic heterocycles. The third-order valence-corrected chi connectivity index (χ3v) is 3.76. The number of aromatic nitrogens is 1. The minimum atomic E-state index is 0.415. The smallest absolute Gasteiger partial charge is 0.130 e. The van der Waals surface area contributed by atoms with Gasteiger partial charge in [0.05, 0.1) is 12.8 Å². The van der Waals surface area contributed by atoms with Crippen LogP contribution in [0.1, 0.15) is 17.0 Å². The van der Waals surface area contributed by atoms with Crippen molar-refractivity contribution in [1.82, 2.24) is 10.3 Å². The lowest BCUT2D eigenvalue weighted by molar-refractivity contribution is 0.299. The number of ether oxygens (including phenoxy) is 2. The number of nitrogens with zero attached hydrogens (tertiary/aromatic N) is 1. The summed E-state index contributed by atoms with van der Waals surface area (Å²) in [5.74, 6) is 1.62. The molecule has 1 aromatic carbocycles. The standard InChI is InChI=1S/C16H19BrN2O2/c1-11-6-15(20-3)8-13(19-11)10-21-14-4-5-16(17)12(7-14)9-18-2/h4-8,18H,9-10H2,1-3H3. The van der Waals surface area contributed by atoms with Crippen LogP contribution >= 0.6 is 15.9 Å². The van der Waals surface area contributed by atoms with Crippen molar-refractivity contribution < 1.29 is 9.47 Å². The molecule has 0 aliphatic carbocycles. The van der Waals surface area contributed by atoms with Gasteiger partial charge in [-0.25, -0.2) is 0 Å². The Morgan fingerprint density at radius 2 is 2.00 bits per heavy atom. The zero-order chi connectivity index (χ0) is 15.2. The fourth-order valence-electron chi connectivity index (χ4n) is 2.02. The summed E-state index contributed by atoms with van der Waals surface area (Å²) in [5.41, 5.74) is 2.93. The molecule has 2 rings (SSSR count). The van der Waals surface area contributed by atoms with Crippen molar-refractivity contribution in [3.63, 3.8) is 0 Å². The summed E-state index contributed by atoms with van der Waals surface area (Å²) in [7, 11) is 3.57. The number of methoxy groups -OCH3 is 1. The Bertz CT molecular complexity index is 617. The molecule has 0 aliphatic rings. The van der Waals surface area contributed by atoms with E-state index >= 15 is 0 Å². The number of nitrogens with one attached hydrogen (secondary N) is 1. The van der Waals surface area contributed by atoms with E-state index in [1.54, 1.807) is 7.11 Å². The molecule has 4 nitrogen and oxygen atoms in total. The van der Waals surface area contributed by atoms with E-state index < -0.39 is 0 Å². The van der Waals surface area contributed by atoms with Crippen LogP contribution in [0.2, 0.25) is 0 Å². The molecule has 2 aromatic rings. The highest BCUT2D eigenvalue weighted by molar-refractivity contribution is 9.10. The molecule has 0 amide bonds. The zero-order valence-corrected chi connectivity index (χ0v) is 14.0. The van der Waals surface area contributed by atoms with Crippen LogP contribution in [-0.2, 0) is 13.2 Å². The number of halogens is 1. The number of rotatable bonds is 6. The fraction of sp³-hybridized carbons (Fsp3) is 0.312. The Morgan fingerprint density at radius 3 is 2.71 bits per heavy atom. The normalized spacial score (nSPS) is 10.5. The first-order valence-electron chi connectivity index (χ1n) is 6.69. The highest BCUT2D eigenvalue weighted by atomic mass is 79.9. The van der Waals surface area contributed by atoms with E-state index in [1.165, 1.54) is 0 Å². The van der Waals surface area contributed by atoms with Crippen LogP contribution in [0.25, 0.3) is 0 Å². The third-order valence-electron chi connectivity index (χ3n) is 2.99. The summed E-state index contributed by atoms with van der Waals surface area (Å²) in [4.78, 5) is 4.45. The Kier molecular flexibility index (Phi) is 5.59. The second-order valence-electron chi connectivity index (χ2n) is 4.71. The molecule has 0 radical (unpaired) electrons. The number of aryl methyl sites for hydroxylation is 1. The highest BCUT2D eigenvalue weighted by Crippen LogP contribution is 2.23. The minimum Gasteiger partial charge on any atom is -0.497 e. The van der Waals surface area contributed by atoms with Crippen LogP contribution in [0.5, 0.6) is 11.5 Å². The topological polar surface area (TPSA) is 43.4 Å². The maximum Gasteiger partial charge on any atom is 0.130 e. The van der Waals surface area contributed by atoms with Crippen LogP contribution in [0.4, 0.5) is 0 Å². The van der Waals surface area contributed by atoms with Crippen LogP contribution in [0.3, 0.4) is 0 Å². The Morgan fingerprint density at radius 1 is 1.19 bits per heavy atom. The maximum atomic E-state index is 5.82. The summed E-state index contributed by atoms with van der Waals surface area (Å²) in [6.45, 7) is 3.14. The fourth-order valence-corrected chi connectivity index (χ4v) is 2.41. The molecule has 5 heteroatoms. The van der Waals surface area contributed by atoms with Gasteiger partial charge in [-0.1, -0.05) is 15.9 Å². The average Bonchev–Trinajstić information content (AvgIpc) is 2.47. The van der Waals surface area contributed by atoms with Gasteiger partial charge in [0.15, 0.2) is 0 Å². The third kappa shape index (κ3) is 4.44. The zero-order valence-electron chi connectivity index (χ0n) is 12.4. The number of pyridine rings is 1. The summed E-state index contributed by atoms with van der Waals surface area (Å²) >= 11 is 3.53. The van der Waals surface area contributed by atoms with E-state index in [9.17, 15) is 0 Å². The van der Waals surface area contributed by atoms with E-state index in [-0.39, 0.29) is 0 Å². The summed E-state index contributed by atoms with van der Waals surface area (Å²) in [6.07, 6.45) is 0. The van der Waals surface area contributed by atoms with Crippen LogP contribution in [0.15, 0.2) is 34.8 Å². The second-order valence-corrected chi connectivity index (χ2v) is 5.57. The molecule has 21 heavy (non-hydrogen) atoms. The molecule has 1 N–H and O–H groups in total. The minimum absolute atomic E-state index is 0.415. The van der Waals surface area contributed by atoms with Crippen LogP contribution in [-0.4, -0.2) is 19.1 Å². The van der Waals surface area contributed by atoms with Gasteiger partial charge in [-0.15, -0.1) is 0 Å². The van der Waals surface area contributed by atoms with E-state index in [4.69, 9.17) is 9.47 Å². The monoisotopic (exact) mass is 350 g/mol. The van der Waals surface area contributed by atoms with Crippen LogP contribution < -0.4 is 14.8 Å². The molecule has 112 valence electrons. The molecule has 0 saturated heterocycles. The van der Waals surface area contributed by atoms with E-state index in [0.717, 1.165) is 39.5 Å². The lowest BCUT2D eigenvalue weighted by atomic mass is 10.2. The molecule has 0 aliphatic heterocycles. The van der Waals surface area contributed by atoms with Crippen molar-refractivity contribution in [2.24, 2.45) is 0 Å². The molecule has 1 heterocycles. The summed E-state index contributed by atoms with van der Waals surface area (Å²) < 4.78 is 12.1. The lowest BCUT2D eigenvalue weighted by Crippen LogP contribution is -2.06. The first kappa shape index (κ1) is 15.8. The van der Waals surface area contributed by atoms with Crippen molar-refractivity contribution in [3.05, 3.63) is 51.8 Å². The van der Waals surface area contributed by atoms with Gasteiger partial charge >= 0.3 is 0 Å². The lowest BCUT2D eigenvalue weighted by Gasteiger charge is -2.10. The van der Waals surface area contributed by atoms with Gasteiger partial charge in [-0.05, 0) is 37.7 Å². The molecule has 0 fully saturated rings. The Balaban J connectivity index is 2.09.